The van der Waals surface area contributed by atoms with Gasteiger partial charge in [0.2, 0.25) is 0 Å². The topological polar surface area (TPSA) is 15.3 Å². The Morgan fingerprint density at radius 1 is 1.35 bits per heavy atom. The molecule has 2 aliphatic rings. The number of anilines is 1. The molecule has 0 aromatic heterocycles. The maximum Gasteiger partial charge on any atom is 0.0373 e. The molecule has 2 unspecified atom stereocenters. The second kappa shape index (κ2) is 6.17. The smallest absolute Gasteiger partial charge is 0.0373 e. The van der Waals surface area contributed by atoms with E-state index in [9.17, 15) is 0 Å². The van der Waals surface area contributed by atoms with Crippen LogP contribution in [-0.2, 0) is 12.8 Å². The maximum atomic E-state index is 3.45. The van der Waals surface area contributed by atoms with Crippen molar-refractivity contribution in [2.75, 3.05) is 18.4 Å². The van der Waals surface area contributed by atoms with Crippen LogP contribution in [0.4, 0.5) is 5.69 Å². The summed E-state index contributed by atoms with van der Waals surface area (Å²) in [6.45, 7) is 7.17. The summed E-state index contributed by atoms with van der Waals surface area (Å²) in [5.41, 5.74) is 4.38. The Kier molecular flexibility index (Phi) is 4.30. The molecule has 2 nitrogen and oxygen atoms in total. The third-order valence-electron chi connectivity index (χ3n) is 5.12. The zero-order valence-corrected chi connectivity index (χ0v) is 13.0. The highest BCUT2D eigenvalue weighted by Gasteiger charge is 2.25. The molecular weight excluding hydrogens is 244 g/mol. The van der Waals surface area contributed by atoms with Gasteiger partial charge < -0.3 is 5.32 Å². The zero-order valence-electron chi connectivity index (χ0n) is 13.0. The Morgan fingerprint density at radius 2 is 2.25 bits per heavy atom. The van der Waals surface area contributed by atoms with Gasteiger partial charge >= 0.3 is 0 Å². The number of fused-ring (bicyclic) bond motifs is 1. The number of piperidine rings is 1. The van der Waals surface area contributed by atoms with Crippen molar-refractivity contribution in [3.63, 3.8) is 0 Å². The molecule has 0 radical (unpaired) electrons. The molecule has 2 heteroatoms. The number of hydrogen-bond acceptors (Lipinski definition) is 2. The number of likely N-dealkylation sites (tertiary alicyclic amines) is 1. The minimum Gasteiger partial charge on any atom is -0.384 e. The molecule has 3 rings (SSSR count). The Labute approximate surface area is 123 Å². The van der Waals surface area contributed by atoms with Gasteiger partial charge in [0.05, 0.1) is 0 Å². The summed E-state index contributed by atoms with van der Waals surface area (Å²) < 4.78 is 0. The molecule has 20 heavy (non-hydrogen) atoms. The zero-order chi connectivity index (χ0) is 13.9. The van der Waals surface area contributed by atoms with Crippen LogP contribution in [0.15, 0.2) is 18.2 Å². The minimum absolute atomic E-state index is 0.674. The van der Waals surface area contributed by atoms with Crippen molar-refractivity contribution in [1.29, 1.82) is 0 Å². The van der Waals surface area contributed by atoms with Crippen LogP contribution in [-0.4, -0.2) is 30.1 Å². The molecular formula is C18H28N2. The molecule has 110 valence electrons. The largest absolute Gasteiger partial charge is 0.384 e. The van der Waals surface area contributed by atoms with E-state index in [0.717, 1.165) is 12.6 Å². The Hall–Kier alpha value is -1.02. The van der Waals surface area contributed by atoms with E-state index in [1.165, 1.54) is 61.9 Å². The van der Waals surface area contributed by atoms with Gasteiger partial charge in [-0.05, 0) is 62.8 Å². The van der Waals surface area contributed by atoms with Gasteiger partial charge in [-0.2, -0.15) is 0 Å². The van der Waals surface area contributed by atoms with Crippen LogP contribution in [0.3, 0.4) is 0 Å². The van der Waals surface area contributed by atoms with Gasteiger partial charge in [0.1, 0.15) is 0 Å². The normalized spacial score (nSPS) is 24.2. The quantitative estimate of drug-likeness (QED) is 0.895. The van der Waals surface area contributed by atoms with Gasteiger partial charge in [0.15, 0.2) is 0 Å². The maximum absolute atomic E-state index is 3.45. The average molecular weight is 272 g/mol. The summed E-state index contributed by atoms with van der Waals surface area (Å²) in [4.78, 5) is 2.76. The van der Waals surface area contributed by atoms with E-state index in [2.05, 4.69) is 42.3 Å². The number of benzene rings is 1. The molecule has 0 amide bonds. The van der Waals surface area contributed by atoms with Crippen LogP contribution >= 0.6 is 0 Å². The van der Waals surface area contributed by atoms with Crippen LogP contribution in [0.5, 0.6) is 0 Å². The number of nitrogens with zero attached hydrogens (tertiary/aromatic N) is 1. The molecule has 1 N–H and O–H groups in total. The summed E-state index contributed by atoms with van der Waals surface area (Å²) in [5, 5.41) is 3.45. The Balaban J connectivity index is 1.67. The molecule has 0 bridgehead atoms. The summed E-state index contributed by atoms with van der Waals surface area (Å²) in [7, 11) is 0. The van der Waals surface area contributed by atoms with Crippen LogP contribution in [0, 0.1) is 0 Å². The lowest BCUT2D eigenvalue weighted by atomic mass is 9.95. The third kappa shape index (κ3) is 2.85. The first-order valence-electron chi connectivity index (χ1n) is 8.39. The summed E-state index contributed by atoms with van der Waals surface area (Å²) in [6.07, 6.45) is 7.90. The molecule has 2 heterocycles. The van der Waals surface area contributed by atoms with E-state index in [1.54, 1.807) is 0 Å². The van der Waals surface area contributed by atoms with Gasteiger partial charge in [-0.15, -0.1) is 0 Å². The van der Waals surface area contributed by atoms with E-state index in [1.807, 2.05) is 0 Å². The molecule has 1 fully saturated rings. The fourth-order valence-corrected chi connectivity index (χ4v) is 3.99. The molecule has 2 atom stereocenters. The summed E-state index contributed by atoms with van der Waals surface area (Å²) in [6, 6.07) is 8.51. The standard InChI is InChI=1S/C18H28N2/c1-3-17-6-4-5-11-20(17)14(2)12-15-7-8-18-16(13-15)9-10-19-18/h7-8,13-14,17,19H,3-6,9-12H2,1-2H3. The Morgan fingerprint density at radius 3 is 3.10 bits per heavy atom. The fraction of sp³-hybridized carbons (Fsp3) is 0.667. The van der Waals surface area contributed by atoms with E-state index >= 15 is 0 Å². The number of hydrogen-bond donors (Lipinski definition) is 1. The van der Waals surface area contributed by atoms with E-state index < -0.39 is 0 Å². The monoisotopic (exact) mass is 272 g/mol. The lowest BCUT2D eigenvalue weighted by Gasteiger charge is -2.39. The highest BCUT2D eigenvalue weighted by Crippen LogP contribution is 2.26. The predicted molar refractivity (Wildman–Crippen MR) is 86.4 cm³/mol. The molecule has 1 aromatic carbocycles. The van der Waals surface area contributed by atoms with E-state index in [0.29, 0.717) is 6.04 Å². The average Bonchev–Trinajstić information content (AvgIpc) is 2.94. The van der Waals surface area contributed by atoms with Crippen molar-refractivity contribution in [2.24, 2.45) is 0 Å². The lowest BCUT2D eigenvalue weighted by molar-refractivity contribution is 0.0999. The SMILES string of the molecule is CCC1CCCCN1C(C)Cc1ccc2c(c1)CCN2. The van der Waals surface area contributed by atoms with Crippen molar-refractivity contribution in [3.8, 4) is 0 Å². The van der Waals surface area contributed by atoms with Gasteiger partial charge in [0, 0.05) is 24.3 Å². The molecule has 1 aromatic rings. The van der Waals surface area contributed by atoms with Crippen molar-refractivity contribution >= 4 is 5.69 Å². The van der Waals surface area contributed by atoms with Crippen molar-refractivity contribution in [2.45, 2.75) is 64.5 Å². The second-order valence-corrected chi connectivity index (χ2v) is 6.52. The van der Waals surface area contributed by atoms with Crippen LogP contribution in [0.25, 0.3) is 0 Å². The predicted octanol–water partition coefficient (Wildman–Crippen LogP) is 3.85. The van der Waals surface area contributed by atoms with Crippen LogP contribution in [0.2, 0.25) is 0 Å². The number of nitrogens with one attached hydrogen (secondary N) is 1. The van der Waals surface area contributed by atoms with Crippen molar-refractivity contribution < 1.29 is 0 Å². The van der Waals surface area contributed by atoms with Crippen molar-refractivity contribution in [3.05, 3.63) is 29.3 Å². The molecule has 0 spiro atoms. The highest BCUT2D eigenvalue weighted by molar-refractivity contribution is 5.56. The highest BCUT2D eigenvalue weighted by atomic mass is 15.2. The van der Waals surface area contributed by atoms with E-state index in [4.69, 9.17) is 0 Å². The van der Waals surface area contributed by atoms with Gasteiger partial charge in [-0.1, -0.05) is 25.5 Å². The van der Waals surface area contributed by atoms with Crippen LogP contribution < -0.4 is 5.32 Å². The number of rotatable bonds is 4. The first-order chi connectivity index (χ1) is 9.78. The lowest BCUT2D eigenvalue weighted by Crippen LogP contribution is -2.45. The minimum atomic E-state index is 0.674. The van der Waals surface area contributed by atoms with Crippen LogP contribution in [0.1, 0.15) is 50.7 Å². The third-order valence-corrected chi connectivity index (χ3v) is 5.12. The van der Waals surface area contributed by atoms with Gasteiger partial charge in [-0.3, -0.25) is 4.90 Å². The van der Waals surface area contributed by atoms with E-state index in [-0.39, 0.29) is 0 Å². The first kappa shape index (κ1) is 13.9. The Bertz CT molecular complexity index is 455. The summed E-state index contributed by atoms with van der Waals surface area (Å²) in [5.74, 6) is 0. The summed E-state index contributed by atoms with van der Waals surface area (Å²) >= 11 is 0. The molecule has 0 aliphatic carbocycles. The van der Waals surface area contributed by atoms with Gasteiger partial charge in [-0.25, -0.2) is 0 Å². The van der Waals surface area contributed by atoms with Gasteiger partial charge in [0.25, 0.3) is 0 Å². The molecule has 2 aliphatic heterocycles. The first-order valence-corrected chi connectivity index (χ1v) is 8.39. The van der Waals surface area contributed by atoms with Crippen molar-refractivity contribution in [1.82, 2.24) is 4.90 Å². The second-order valence-electron chi connectivity index (χ2n) is 6.52. The molecule has 1 saturated heterocycles. The molecule has 0 saturated carbocycles. The fourth-order valence-electron chi connectivity index (χ4n) is 3.99.